The van der Waals surface area contributed by atoms with Crippen molar-refractivity contribution in [1.82, 2.24) is 0 Å². The van der Waals surface area contributed by atoms with Gasteiger partial charge in [-0.1, -0.05) is 0 Å². The van der Waals surface area contributed by atoms with E-state index in [9.17, 15) is 7.35 Å². The second-order valence-corrected chi connectivity index (χ2v) is 2.51. The molecule has 0 amide bonds. The number of rotatable bonds is 4. The maximum atomic E-state index is 9.77. The average Bonchev–Trinajstić information content (AvgIpc) is 1.66. The molecule has 0 aromatic heterocycles. The summed E-state index contributed by atoms with van der Waals surface area (Å²) in [6.45, 7) is 2.35. The van der Waals surface area contributed by atoms with Crippen LogP contribution in [0.1, 0.15) is 19.8 Å². The third-order valence-corrected chi connectivity index (χ3v) is 1.31. The molecule has 0 aliphatic carbocycles. The Bertz CT molecular complexity index is 99.9. The Kier molecular flexibility index (Phi) is 5.38. The van der Waals surface area contributed by atoms with Gasteiger partial charge in [0.05, 0.1) is 0 Å². The Labute approximate surface area is 53.4 Å². The van der Waals surface area contributed by atoms with Gasteiger partial charge < -0.3 is 0 Å². The first-order valence-corrected chi connectivity index (χ1v) is 4.25. The molecule has 4 heteroatoms. The molecule has 0 rings (SSSR count). The standard InChI is InChI=1S/C4H9O.2O.V/c1-2-3-4-5;;;/h2-4H2,1H3;;;/q-1;;;+1. The van der Waals surface area contributed by atoms with E-state index >= 15 is 0 Å². The molecule has 0 saturated heterocycles. The zero-order chi connectivity index (χ0) is 6.41. The monoisotopic (exact) mass is 156 g/mol. The molecule has 0 aromatic carbocycles. The molecular weight excluding hydrogens is 147 g/mol. The fraction of sp³-hybridized carbons (Fsp3) is 1.00. The van der Waals surface area contributed by atoms with Crippen LogP contribution in [0.4, 0.5) is 0 Å². The Hall–Kier alpha value is 0.144. The van der Waals surface area contributed by atoms with Crippen LogP contribution in [0.5, 0.6) is 0 Å². The Morgan fingerprint density at radius 3 is 2.50 bits per heavy atom. The van der Waals surface area contributed by atoms with Crippen LogP contribution in [-0.4, -0.2) is 6.61 Å². The quantitative estimate of drug-likeness (QED) is 0.571. The summed E-state index contributed by atoms with van der Waals surface area (Å²) >= 11 is -3.26. The fourth-order valence-corrected chi connectivity index (χ4v) is 0.718. The van der Waals surface area contributed by atoms with Gasteiger partial charge in [0.25, 0.3) is 0 Å². The summed E-state index contributed by atoms with van der Waals surface area (Å²) in [5.74, 6) is 0. The SMILES string of the molecule is CCCC[O][V](=[O])=[O]. The molecule has 0 bridgehead atoms. The summed E-state index contributed by atoms with van der Waals surface area (Å²) in [7, 11) is 0. The molecule has 0 unspecified atom stereocenters. The van der Waals surface area contributed by atoms with Gasteiger partial charge in [-0.2, -0.15) is 0 Å². The van der Waals surface area contributed by atoms with E-state index in [2.05, 4.69) is 3.66 Å². The Balaban J connectivity index is 2.94. The van der Waals surface area contributed by atoms with Crippen molar-refractivity contribution >= 4 is 0 Å². The second-order valence-electron chi connectivity index (χ2n) is 1.41. The van der Waals surface area contributed by atoms with E-state index in [1.165, 1.54) is 0 Å². The summed E-state index contributed by atoms with van der Waals surface area (Å²) in [5, 5.41) is 0. The van der Waals surface area contributed by atoms with Crippen molar-refractivity contribution < 1.29 is 26.4 Å². The Morgan fingerprint density at radius 1 is 1.50 bits per heavy atom. The third-order valence-electron chi connectivity index (χ3n) is 0.695. The van der Waals surface area contributed by atoms with Gasteiger partial charge in [0.1, 0.15) is 0 Å². The molecule has 0 N–H and O–H groups in total. The predicted molar refractivity (Wildman–Crippen MR) is 22.2 cm³/mol. The van der Waals surface area contributed by atoms with Crippen molar-refractivity contribution in [3.63, 3.8) is 0 Å². The third kappa shape index (κ3) is 6.14. The van der Waals surface area contributed by atoms with E-state index in [0.29, 0.717) is 6.61 Å². The first kappa shape index (κ1) is 8.14. The molecule has 48 valence electrons. The van der Waals surface area contributed by atoms with Crippen LogP contribution in [0.15, 0.2) is 0 Å². The molecule has 0 radical (unpaired) electrons. The maximum absolute atomic E-state index is 9.77. The first-order chi connectivity index (χ1) is 3.77. The number of hydrogen-bond donors (Lipinski definition) is 0. The number of hydrogen-bond acceptors (Lipinski definition) is 3. The van der Waals surface area contributed by atoms with E-state index in [-0.39, 0.29) is 0 Å². The average molecular weight is 156 g/mol. The second kappa shape index (κ2) is 5.28. The topological polar surface area (TPSA) is 43.4 Å². The van der Waals surface area contributed by atoms with Gasteiger partial charge in [-0.25, -0.2) is 0 Å². The summed E-state index contributed by atoms with van der Waals surface area (Å²) in [4.78, 5) is 0. The molecule has 3 nitrogen and oxygen atoms in total. The summed E-state index contributed by atoms with van der Waals surface area (Å²) < 4.78 is 23.9. The molecule has 0 spiro atoms. The molecule has 0 aliphatic rings. The molecule has 0 saturated carbocycles. The van der Waals surface area contributed by atoms with Crippen molar-refractivity contribution in [3.8, 4) is 0 Å². The predicted octanol–water partition coefficient (Wildman–Crippen LogP) is 1.03. The Morgan fingerprint density at radius 2 is 2.12 bits per heavy atom. The molecule has 0 fully saturated rings. The molecule has 0 atom stereocenters. The van der Waals surface area contributed by atoms with Crippen molar-refractivity contribution in [3.05, 3.63) is 0 Å². The van der Waals surface area contributed by atoms with Gasteiger partial charge in [-0.05, 0) is 0 Å². The molecule has 0 aliphatic heterocycles. The van der Waals surface area contributed by atoms with Gasteiger partial charge in [0, 0.05) is 0 Å². The molecule has 8 heavy (non-hydrogen) atoms. The van der Waals surface area contributed by atoms with Crippen LogP contribution in [0, 0.1) is 0 Å². The van der Waals surface area contributed by atoms with Gasteiger partial charge in [-0.15, -0.1) is 0 Å². The van der Waals surface area contributed by atoms with Crippen LogP contribution in [0.2, 0.25) is 0 Å². The van der Waals surface area contributed by atoms with Crippen LogP contribution in [0.3, 0.4) is 0 Å². The van der Waals surface area contributed by atoms with E-state index < -0.39 is 15.4 Å². The van der Waals surface area contributed by atoms with E-state index in [0.717, 1.165) is 12.8 Å². The van der Waals surface area contributed by atoms with Crippen LogP contribution in [-0.2, 0) is 26.4 Å². The summed E-state index contributed by atoms with van der Waals surface area (Å²) in [5.41, 5.74) is 0. The normalized spacial score (nSPS) is 9.12. The zero-order valence-corrected chi connectivity index (χ0v) is 6.19. The first-order valence-electron chi connectivity index (χ1n) is 2.54. The van der Waals surface area contributed by atoms with Crippen molar-refractivity contribution in [2.75, 3.05) is 6.61 Å². The van der Waals surface area contributed by atoms with Gasteiger partial charge in [-0.3, -0.25) is 0 Å². The fourth-order valence-electron chi connectivity index (χ4n) is 0.283. The van der Waals surface area contributed by atoms with Crippen LogP contribution < -0.4 is 0 Å². The van der Waals surface area contributed by atoms with Gasteiger partial charge in [0.2, 0.25) is 0 Å². The number of unbranched alkanes of at least 4 members (excludes halogenated alkanes) is 1. The molecule has 0 aromatic rings. The van der Waals surface area contributed by atoms with Gasteiger partial charge in [0.15, 0.2) is 0 Å². The van der Waals surface area contributed by atoms with E-state index in [1.807, 2.05) is 6.92 Å². The van der Waals surface area contributed by atoms with Crippen LogP contribution >= 0.6 is 0 Å². The summed E-state index contributed by atoms with van der Waals surface area (Å²) in [6, 6.07) is 0. The van der Waals surface area contributed by atoms with E-state index in [1.54, 1.807) is 0 Å². The van der Waals surface area contributed by atoms with Gasteiger partial charge >= 0.3 is 52.8 Å². The van der Waals surface area contributed by atoms with Crippen molar-refractivity contribution in [1.29, 1.82) is 0 Å². The minimum absolute atomic E-state index is 0.365. The van der Waals surface area contributed by atoms with Crippen LogP contribution in [0.25, 0.3) is 0 Å². The molecule has 0 heterocycles. The van der Waals surface area contributed by atoms with Crippen molar-refractivity contribution in [2.45, 2.75) is 19.8 Å². The zero-order valence-electron chi connectivity index (χ0n) is 4.79. The summed E-state index contributed by atoms with van der Waals surface area (Å²) in [6.07, 6.45) is 1.80. The minimum atomic E-state index is -3.26. The molecular formula is C4H9O3V. The van der Waals surface area contributed by atoms with Crippen molar-refractivity contribution in [2.24, 2.45) is 0 Å². The van der Waals surface area contributed by atoms with E-state index in [4.69, 9.17) is 0 Å².